The molecule has 4 unspecified atom stereocenters. The summed E-state index contributed by atoms with van der Waals surface area (Å²) in [5.41, 5.74) is -0.335. The molecule has 8 nitrogen and oxygen atoms in total. The highest BCUT2D eigenvalue weighted by atomic mass is 16.9. The van der Waals surface area contributed by atoms with Crippen LogP contribution in [0, 0.1) is 28.6 Å². The number of fused-ring (bicyclic) bond motifs is 7. The van der Waals surface area contributed by atoms with Crippen LogP contribution < -0.4 is 0 Å². The Labute approximate surface area is 193 Å². The number of carbonyl (C=O) groups excluding carboxylic acids is 1. The van der Waals surface area contributed by atoms with Gasteiger partial charge in [0.2, 0.25) is 5.79 Å². The quantitative estimate of drug-likeness (QED) is 0.586. The first-order valence-corrected chi connectivity index (χ1v) is 12.5. The minimum absolute atomic E-state index is 0.0886. The first-order chi connectivity index (χ1) is 15.8. The van der Waals surface area contributed by atoms with E-state index in [1.165, 1.54) is 0 Å². The van der Waals surface area contributed by atoms with Gasteiger partial charge in [0, 0.05) is 30.1 Å². The van der Waals surface area contributed by atoms with E-state index in [0.29, 0.717) is 32.7 Å². The lowest BCUT2D eigenvalue weighted by atomic mass is 9.45. The van der Waals surface area contributed by atoms with Crippen LogP contribution in [0.4, 0.5) is 0 Å². The molecule has 0 amide bonds. The Morgan fingerprint density at radius 3 is 2.55 bits per heavy atom. The van der Waals surface area contributed by atoms with E-state index < -0.39 is 28.7 Å². The van der Waals surface area contributed by atoms with Crippen LogP contribution in [-0.2, 0) is 33.2 Å². The molecule has 0 aromatic rings. The number of hydrogen-bond acceptors (Lipinski definition) is 8. The summed E-state index contributed by atoms with van der Waals surface area (Å²) in [6.07, 6.45) is 5.64. The highest BCUT2D eigenvalue weighted by Gasteiger charge is 2.77. The first kappa shape index (κ1) is 21.4. The van der Waals surface area contributed by atoms with Gasteiger partial charge in [-0.15, -0.1) is 0 Å². The van der Waals surface area contributed by atoms with Crippen molar-refractivity contribution in [2.45, 2.75) is 75.7 Å². The van der Waals surface area contributed by atoms with Crippen molar-refractivity contribution in [1.29, 1.82) is 0 Å². The molecule has 3 heterocycles. The predicted molar refractivity (Wildman–Crippen MR) is 113 cm³/mol. The zero-order valence-corrected chi connectivity index (χ0v) is 19.5. The molecule has 4 aliphatic carbocycles. The molecule has 0 aromatic carbocycles. The summed E-state index contributed by atoms with van der Waals surface area (Å²) in [7, 11) is 0. The van der Waals surface area contributed by atoms with Crippen molar-refractivity contribution in [3.05, 3.63) is 11.6 Å². The van der Waals surface area contributed by atoms with Crippen LogP contribution in [0.3, 0.4) is 0 Å². The van der Waals surface area contributed by atoms with Crippen LogP contribution in [-0.4, -0.2) is 67.6 Å². The summed E-state index contributed by atoms with van der Waals surface area (Å²) in [6, 6.07) is 0. The molecule has 6 fully saturated rings. The van der Waals surface area contributed by atoms with Gasteiger partial charge in [0.05, 0.1) is 19.3 Å². The first-order valence-electron chi connectivity index (χ1n) is 12.5. The van der Waals surface area contributed by atoms with E-state index in [0.717, 1.165) is 31.3 Å². The van der Waals surface area contributed by atoms with Crippen LogP contribution in [0.25, 0.3) is 0 Å². The third kappa shape index (κ3) is 2.44. The molecule has 33 heavy (non-hydrogen) atoms. The van der Waals surface area contributed by atoms with Crippen LogP contribution in [0.2, 0.25) is 0 Å². The summed E-state index contributed by atoms with van der Waals surface area (Å²) < 4.78 is 36.0. The maximum atomic E-state index is 13.8. The smallest absolute Gasteiger partial charge is 0.226 e. The summed E-state index contributed by atoms with van der Waals surface area (Å²) in [5.74, 6) is -1.69. The van der Waals surface area contributed by atoms with E-state index >= 15 is 0 Å². The lowest BCUT2D eigenvalue weighted by molar-refractivity contribution is -0.257. The standard InChI is InChI=1S/C25H34O8/c1-21-5-6-23(29-7-8-30-23)10-15(21)9-17(26)19-16-3-4-24(22(16,2)11-18(27)20(19)21)25(33-14-31-24)12-28-13-32-25/h9,16,18-20,27H,3-8,10-14H2,1-2H3/t16?,18-,19?,20?,21-,22-,24+,25?/m0/s1. The normalized spacial score (nSPS) is 54.6. The highest BCUT2D eigenvalue weighted by molar-refractivity contribution is 5.94. The summed E-state index contributed by atoms with van der Waals surface area (Å²) in [5, 5.41) is 11.8. The second-order valence-electron chi connectivity index (χ2n) is 11.8. The van der Waals surface area contributed by atoms with Gasteiger partial charge in [-0.2, -0.15) is 0 Å². The monoisotopic (exact) mass is 462 g/mol. The second kappa shape index (κ2) is 6.66. The molecule has 3 spiro atoms. The number of aliphatic hydroxyl groups is 1. The molecule has 3 saturated heterocycles. The molecular weight excluding hydrogens is 428 g/mol. The van der Waals surface area contributed by atoms with Gasteiger partial charge < -0.3 is 33.5 Å². The minimum atomic E-state index is -0.958. The average Bonchev–Trinajstić information content (AvgIpc) is 3.55. The minimum Gasteiger partial charge on any atom is -0.393 e. The van der Waals surface area contributed by atoms with E-state index in [-0.39, 0.29) is 42.5 Å². The second-order valence-corrected chi connectivity index (χ2v) is 11.8. The van der Waals surface area contributed by atoms with Crippen molar-refractivity contribution in [2.75, 3.05) is 33.4 Å². The summed E-state index contributed by atoms with van der Waals surface area (Å²) >= 11 is 0. The number of ether oxygens (including phenoxy) is 6. The van der Waals surface area contributed by atoms with E-state index in [2.05, 4.69) is 13.8 Å². The van der Waals surface area contributed by atoms with Crippen molar-refractivity contribution in [3.8, 4) is 0 Å². The fourth-order valence-electron chi connectivity index (χ4n) is 9.19. The van der Waals surface area contributed by atoms with Gasteiger partial charge in [-0.25, -0.2) is 0 Å². The molecule has 0 bridgehead atoms. The lowest BCUT2D eigenvalue weighted by Crippen LogP contribution is -2.67. The Morgan fingerprint density at radius 2 is 1.79 bits per heavy atom. The van der Waals surface area contributed by atoms with Gasteiger partial charge in [-0.3, -0.25) is 4.79 Å². The maximum absolute atomic E-state index is 13.8. The van der Waals surface area contributed by atoms with Crippen LogP contribution in [0.5, 0.6) is 0 Å². The SMILES string of the molecule is C[C@]12CCC3(CC1=CC(=O)C1C2[C@@H](O)C[C@@]2(C)C1CC[C@@]21OCOC12COCO2)OCCO3. The van der Waals surface area contributed by atoms with Gasteiger partial charge in [0.15, 0.2) is 25.2 Å². The largest absolute Gasteiger partial charge is 0.393 e. The Kier molecular flexibility index (Phi) is 4.32. The zero-order chi connectivity index (χ0) is 22.7. The summed E-state index contributed by atoms with van der Waals surface area (Å²) in [6.45, 7) is 6.26. The molecule has 3 aliphatic heterocycles. The molecule has 7 aliphatic rings. The van der Waals surface area contributed by atoms with E-state index in [1.807, 2.05) is 6.08 Å². The van der Waals surface area contributed by atoms with Gasteiger partial charge in [0.25, 0.3) is 0 Å². The Hall–Kier alpha value is -0.870. The molecule has 1 N–H and O–H groups in total. The van der Waals surface area contributed by atoms with Gasteiger partial charge in [-0.1, -0.05) is 19.4 Å². The van der Waals surface area contributed by atoms with Gasteiger partial charge in [0.1, 0.15) is 12.2 Å². The predicted octanol–water partition coefficient (Wildman–Crippen LogP) is 2.29. The van der Waals surface area contributed by atoms with Crippen molar-refractivity contribution < 1.29 is 38.3 Å². The van der Waals surface area contributed by atoms with E-state index in [1.54, 1.807) is 0 Å². The highest BCUT2D eigenvalue weighted by Crippen LogP contribution is 2.71. The van der Waals surface area contributed by atoms with Gasteiger partial charge >= 0.3 is 0 Å². The zero-order valence-electron chi connectivity index (χ0n) is 19.5. The van der Waals surface area contributed by atoms with E-state index in [9.17, 15) is 9.90 Å². The molecule has 0 aromatic heterocycles. The third-order valence-corrected chi connectivity index (χ3v) is 10.7. The topological polar surface area (TPSA) is 92.7 Å². The number of hydrogen-bond donors (Lipinski definition) is 1. The average molecular weight is 463 g/mol. The summed E-state index contributed by atoms with van der Waals surface area (Å²) in [4.78, 5) is 13.8. The third-order valence-electron chi connectivity index (χ3n) is 10.7. The Balaban J connectivity index is 1.29. The molecule has 8 heteroatoms. The number of rotatable bonds is 0. The van der Waals surface area contributed by atoms with E-state index in [4.69, 9.17) is 28.4 Å². The number of allylic oxidation sites excluding steroid dienone is 1. The van der Waals surface area contributed by atoms with Gasteiger partial charge in [-0.05, 0) is 43.1 Å². The Bertz CT molecular complexity index is 899. The molecule has 0 radical (unpaired) electrons. The van der Waals surface area contributed by atoms with Crippen LogP contribution >= 0.6 is 0 Å². The maximum Gasteiger partial charge on any atom is 0.226 e. The molecule has 8 atom stereocenters. The van der Waals surface area contributed by atoms with Crippen molar-refractivity contribution in [2.24, 2.45) is 28.6 Å². The molecular formula is C25H34O8. The molecule has 7 rings (SSSR count). The number of ketones is 1. The Morgan fingerprint density at radius 1 is 1.00 bits per heavy atom. The van der Waals surface area contributed by atoms with Crippen LogP contribution in [0.1, 0.15) is 52.4 Å². The number of carbonyl (C=O) groups is 1. The van der Waals surface area contributed by atoms with Crippen molar-refractivity contribution >= 4 is 5.78 Å². The van der Waals surface area contributed by atoms with Crippen molar-refractivity contribution in [1.82, 2.24) is 0 Å². The fourth-order valence-corrected chi connectivity index (χ4v) is 9.19. The number of aliphatic hydroxyl groups excluding tert-OH is 1. The lowest BCUT2D eigenvalue weighted by Gasteiger charge is -2.61. The molecule has 3 saturated carbocycles. The van der Waals surface area contributed by atoms with Crippen molar-refractivity contribution in [3.63, 3.8) is 0 Å². The fraction of sp³-hybridized carbons (Fsp3) is 0.880. The molecule has 182 valence electrons. The van der Waals surface area contributed by atoms with Crippen LogP contribution in [0.15, 0.2) is 11.6 Å².